The fourth-order valence-corrected chi connectivity index (χ4v) is 3.43. The predicted octanol–water partition coefficient (Wildman–Crippen LogP) is 3.49. The third-order valence-corrected chi connectivity index (χ3v) is 4.95. The molecular formula is C19H22FN3O3. The van der Waals surface area contributed by atoms with Gasteiger partial charge in [0.2, 0.25) is 5.95 Å². The Bertz CT molecular complexity index is 810. The Balaban J connectivity index is 1.78. The highest BCUT2D eigenvalue weighted by atomic mass is 19.1. The quantitative estimate of drug-likeness (QED) is 0.604. The number of halogens is 1. The Morgan fingerprint density at radius 2 is 2.08 bits per heavy atom. The average Bonchev–Trinajstić information content (AvgIpc) is 3.41. The predicted molar refractivity (Wildman–Crippen MR) is 92.4 cm³/mol. The average molecular weight is 359 g/mol. The van der Waals surface area contributed by atoms with Gasteiger partial charge in [0.1, 0.15) is 5.56 Å². The van der Waals surface area contributed by atoms with E-state index in [4.69, 9.17) is 9.47 Å². The molecule has 1 aliphatic heterocycles. The standard InChI is InChI=1S/C19H22FN3O3/c1-2-26-19(24)15-11-21-23(13-7-9-25-10-8-13)17(15)14-5-6-16(12-3-4-12)22-18(14)20/h5-6,11-13H,2-4,7-10H2,1H3. The van der Waals surface area contributed by atoms with E-state index in [0.29, 0.717) is 30.4 Å². The van der Waals surface area contributed by atoms with Crippen LogP contribution < -0.4 is 0 Å². The molecule has 1 saturated carbocycles. The molecule has 0 N–H and O–H groups in total. The molecule has 0 unspecified atom stereocenters. The van der Waals surface area contributed by atoms with E-state index < -0.39 is 11.9 Å². The number of hydrogen-bond acceptors (Lipinski definition) is 5. The van der Waals surface area contributed by atoms with Crippen LogP contribution in [-0.2, 0) is 9.47 Å². The second kappa shape index (κ2) is 7.15. The van der Waals surface area contributed by atoms with Crippen LogP contribution in [0.2, 0.25) is 0 Å². The van der Waals surface area contributed by atoms with Crippen LogP contribution in [0.15, 0.2) is 18.3 Å². The van der Waals surface area contributed by atoms with E-state index in [1.165, 1.54) is 6.20 Å². The van der Waals surface area contributed by atoms with Gasteiger partial charge in [0.25, 0.3) is 0 Å². The second-order valence-corrected chi connectivity index (χ2v) is 6.76. The topological polar surface area (TPSA) is 66.2 Å². The number of nitrogens with zero attached hydrogens (tertiary/aromatic N) is 3. The highest BCUT2D eigenvalue weighted by molar-refractivity contribution is 5.96. The maximum absolute atomic E-state index is 14.8. The van der Waals surface area contributed by atoms with Crippen molar-refractivity contribution < 1.29 is 18.7 Å². The van der Waals surface area contributed by atoms with Gasteiger partial charge < -0.3 is 9.47 Å². The summed E-state index contributed by atoms with van der Waals surface area (Å²) in [5, 5.41) is 4.40. The van der Waals surface area contributed by atoms with E-state index >= 15 is 0 Å². The van der Waals surface area contributed by atoms with Crippen molar-refractivity contribution in [1.82, 2.24) is 14.8 Å². The van der Waals surface area contributed by atoms with Gasteiger partial charge >= 0.3 is 5.97 Å². The molecule has 1 saturated heterocycles. The first kappa shape index (κ1) is 17.1. The number of ether oxygens (including phenoxy) is 2. The van der Waals surface area contributed by atoms with Crippen molar-refractivity contribution in [1.29, 1.82) is 0 Å². The summed E-state index contributed by atoms with van der Waals surface area (Å²) in [6.45, 7) is 3.25. The number of carbonyl (C=O) groups is 1. The van der Waals surface area contributed by atoms with Gasteiger partial charge in [-0.05, 0) is 44.7 Å². The zero-order chi connectivity index (χ0) is 18.1. The molecule has 2 aromatic rings. The van der Waals surface area contributed by atoms with Gasteiger partial charge in [-0.15, -0.1) is 0 Å². The summed E-state index contributed by atoms with van der Waals surface area (Å²) >= 11 is 0. The lowest BCUT2D eigenvalue weighted by Crippen LogP contribution is -2.22. The van der Waals surface area contributed by atoms with Gasteiger partial charge in [0, 0.05) is 24.8 Å². The minimum atomic E-state index is -0.561. The summed E-state index contributed by atoms with van der Waals surface area (Å²) in [5.74, 6) is -0.691. The number of carbonyl (C=O) groups excluding carboxylic acids is 1. The molecule has 2 aliphatic rings. The first-order valence-electron chi connectivity index (χ1n) is 9.18. The van der Waals surface area contributed by atoms with Crippen molar-refractivity contribution in [3.05, 3.63) is 35.5 Å². The van der Waals surface area contributed by atoms with Crippen molar-refractivity contribution >= 4 is 5.97 Å². The Morgan fingerprint density at radius 3 is 2.73 bits per heavy atom. The molecule has 0 spiro atoms. The molecule has 3 heterocycles. The fourth-order valence-electron chi connectivity index (χ4n) is 3.43. The third-order valence-electron chi connectivity index (χ3n) is 4.95. The zero-order valence-corrected chi connectivity index (χ0v) is 14.8. The van der Waals surface area contributed by atoms with Gasteiger partial charge in [-0.2, -0.15) is 9.49 Å². The van der Waals surface area contributed by atoms with Gasteiger partial charge in [-0.3, -0.25) is 4.68 Å². The third kappa shape index (κ3) is 3.23. The van der Waals surface area contributed by atoms with E-state index in [0.717, 1.165) is 31.4 Å². The Hall–Kier alpha value is -2.28. The molecule has 26 heavy (non-hydrogen) atoms. The van der Waals surface area contributed by atoms with E-state index in [2.05, 4.69) is 10.1 Å². The second-order valence-electron chi connectivity index (χ2n) is 6.76. The van der Waals surface area contributed by atoms with Crippen LogP contribution in [0, 0.1) is 5.95 Å². The van der Waals surface area contributed by atoms with Crippen LogP contribution in [0.1, 0.15) is 60.6 Å². The summed E-state index contributed by atoms with van der Waals surface area (Å²) in [4.78, 5) is 16.5. The van der Waals surface area contributed by atoms with Crippen molar-refractivity contribution in [2.75, 3.05) is 19.8 Å². The monoisotopic (exact) mass is 359 g/mol. The van der Waals surface area contributed by atoms with Crippen LogP contribution in [0.25, 0.3) is 11.3 Å². The lowest BCUT2D eigenvalue weighted by Gasteiger charge is -2.24. The fraction of sp³-hybridized carbons (Fsp3) is 0.526. The summed E-state index contributed by atoms with van der Waals surface area (Å²) in [6, 6.07) is 3.63. The van der Waals surface area contributed by atoms with Crippen LogP contribution in [0.4, 0.5) is 4.39 Å². The number of rotatable bonds is 5. The van der Waals surface area contributed by atoms with Gasteiger partial charge in [0.05, 0.1) is 30.1 Å². The minimum Gasteiger partial charge on any atom is -0.462 e. The molecule has 7 heteroatoms. The maximum Gasteiger partial charge on any atom is 0.341 e. The molecule has 0 bridgehead atoms. The van der Waals surface area contributed by atoms with Crippen LogP contribution in [0.5, 0.6) is 0 Å². The Labute approximate surface area is 151 Å². The number of pyridine rings is 1. The highest BCUT2D eigenvalue weighted by Gasteiger charge is 2.30. The van der Waals surface area contributed by atoms with Crippen molar-refractivity contribution in [3.8, 4) is 11.3 Å². The van der Waals surface area contributed by atoms with Crippen molar-refractivity contribution in [2.24, 2.45) is 0 Å². The van der Waals surface area contributed by atoms with Gasteiger partial charge in [-0.1, -0.05) is 0 Å². The largest absolute Gasteiger partial charge is 0.462 e. The van der Waals surface area contributed by atoms with Crippen molar-refractivity contribution in [3.63, 3.8) is 0 Å². The summed E-state index contributed by atoms with van der Waals surface area (Å²) in [7, 11) is 0. The summed E-state index contributed by atoms with van der Waals surface area (Å²) in [5.41, 5.74) is 1.79. The number of hydrogen-bond donors (Lipinski definition) is 0. The first-order valence-corrected chi connectivity index (χ1v) is 9.18. The van der Waals surface area contributed by atoms with E-state index in [1.807, 2.05) is 6.07 Å². The van der Waals surface area contributed by atoms with Crippen LogP contribution >= 0.6 is 0 Å². The Kier molecular flexibility index (Phi) is 4.72. The summed E-state index contributed by atoms with van der Waals surface area (Å²) < 4.78 is 27.1. The van der Waals surface area contributed by atoms with Gasteiger partial charge in [-0.25, -0.2) is 9.78 Å². The maximum atomic E-state index is 14.8. The zero-order valence-electron chi connectivity index (χ0n) is 14.8. The van der Waals surface area contributed by atoms with E-state index in [-0.39, 0.29) is 18.2 Å². The minimum absolute atomic E-state index is 0.0597. The lowest BCUT2D eigenvalue weighted by molar-refractivity contribution is 0.0526. The molecule has 138 valence electrons. The smallest absolute Gasteiger partial charge is 0.341 e. The molecule has 6 nitrogen and oxygen atoms in total. The molecule has 1 aliphatic carbocycles. The first-order chi connectivity index (χ1) is 12.7. The lowest BCUT2D eigenvalue weighted by atomic mass is 10.0. The Morgan fingerprint density at radius 1 is 1.31 bits per heavy atom. The SMILES string of the molecule is CCOC(=O)c1cnn(C2CCOCC2)c1-c1ccc(C2CC2)nc1F. The molecule has 2 aromatic heterocycles. The molecule has 0 aromatic carbocycles. The normalized spacial score (nSPS) is 18.1. The highest BCUT2D eigenvalue weighted by Crippen LogP contribution is 2.40. The molecule has 0 amide bonds. The van der Waals surface area contributed by atoms with E-state index in [1.54, 1.807) is 17.7 Å². The number of esters is 1. The van der Waals surface area contributed by atoms with Crippen molar-refractivity contribution in [2.45, 2.75) is 44.6 Å². The van der Waals surface area contributed by atoms with E-state index in [9.17, 15) is 9.18 Å². The van der Waals surface area contributed by atoms with Crippen LogP contribution in [0.3, 0.4) is 0 Å². The summed E-state index contributed by atoms with van der Waals surface area (Å²) in [6.07, 6.45) is 5.12. The molecular weight excluding hydrogens is 337 g/mol. The molecule has 0 radical (unpaired) electrons. The van der Waals surface area contributed by atoms with Crippen LogP contribution in [-0.4, -0.2) is 40.6 Å². The molecule has 2 fully saturated rings. The molecule has 0 atom stereocenters. The van der Waals surface area contributed by atoms with Gasteiger partial charge in [0.15, 0.2) is 0 Å². The number of aromatic nitrogens is 3. The molecule has 4 rings (SSSR count).